The zero-order valence-corrected chi connectivity index (χ0v) is 11.9. The second-order valence-electron chi connectivity index (χ2n) is 4.63. The summed E-state index contributed by atoms with van der Waals surface area (Å²) in [4.78, 5) is 0. The van der Waals surface area contributed by atoms with Gasteiger partial charge in [-0.05, 0) is 38.5 Å². The van der Waals surface area contributed by atoms with Crippen molar-refractivity contribution in [1.82, 2.24) is 0 Å². The summed E-state index contributed by atoms with van der Waals surface area (Å²) in [5, 5.41) is 0.288. The molecule has 0 N–H and O–H groups in total. The molecule has 0 amide bonds. The molecule has 0 aliphatic carbocycles. The van der Waals surface area contributed by atoms with Gasteiger partial charge in [-0.2, -0.15) is 0 Å². The molecule has 0 saturated carbocycles. The molecule has 1 heterocycles. The lowest BCUT2D eigenvalue weighted by atomic mass is 9.97. The minimum atomic E-state index is -0.184. The smallest absolute Gasteiger partial charge is 0.123 e. The summed E-state index contributed by atoms with van der Waals surface area (Å²) in [6.45, 7) is 7.14. The molecular weight excluding hydrogens is 255 g/mol. The predicted octanol–water partition coefficient (Wildman–Crippen LogP) is 4.45. The second kappa shape index (κ2) is 5.21. The molecule has 4 heteroatoms. The van der Waals surface area contributed by atoms with Crippen LogP contribution in [0.25, 0.3) is 0 Å². The van der Waals surface area contributed by atoms with Gasteiger partial charge in [-0.15, -0.1) is 0 Å². The molecule has 1 aliphatic rings. The Morgan fingerprint density at radius 1 is 1.29 bits per heavy atom. The van der Waals surface area contributed by atoms with Crippen LogP contribution in [0.2, 0.25) is 0 Å². The van der Waals surface area contributed by atoms with Crippen LogP contribution < -0.4 is 0 Å². The molecule has 1 saturated heterocycles. The van der Waals surface area contributed by atoms with Crippen molar-refractivity contribution in [3.8, 4) is 0 Å². The van der Waals surface area contributed by atoms with Gasteiger partial charge in [-0.3, -0.25) is 0 Å². The Morgan fingerprint density at radius 3 is 2.53 bits per heavy atom. The minimum Gasteiger partial charge on any atom is -0.376 e. The van der Waals surface area contributed by atoms with E-state index in [0.29, 0.717) is 6.61 Å². The molecule has 1 aromatic carbocycles. The third kappa shape index (κ3) is 2.80. The van der Waals surface area contributed by atoms with Gasteiger partial charge in [-0.25, -0.2) is 4.39 Å². The number of hydrogen-bond donors (Lipinski definition) is 0. The lowest BCUT2D eigenvalue weighted by molar-refractivity contribution is 0.0431. The van der Waals surface area contributed by atoms with Crippen LogP contribution in [0.5, 0.6) is 0 Å². The first-order valence-corrected chi connectivity index (χ1v) is 7.97. The lowest BCUT2D eigenvalue weighted by Gasteiger charge is -2.28. The number of rotatable bonds is 3. The fraction of sp³-hybridized carbons (Fsp3) is 0.538. The molecule has 17 heavy (non-hydrogen) atoms. The lowest BCUT2D eigenvalue weighted by Crippen LogP contribution is -2.34. The molecule has 0 bridgehead atoms. The van der Waals surface area contributed by atoms with Crippen molar-refractivity contribution in [2.24, 2.45) is 0 Å². The molecule has 1 fully saturated rings. The highest BCUT2D eigenvalue weighted by atomic mass is 33.1. The average molecular weight is 272 g/mol. The molecule has 94 valence electrons. The van der Waals surface area contributed by atoms with Crippen molar-refractivity contribution in [2.75, 3.05) is 6.61 Å². The van der Waals surface area contributed by atoms with Crippen molar-refractivity contribution in [2.45, 2.75) is 36.9 Å². The fourth-order valence-corrected chi connectivity index (χ4v) is 5.49. The van der Waals surface area contributed by atoms with Crippen molar-refractivity contribution in [1.29, 1.82) is 0 Å². The maximum atomic E-state index is 12.9. The van der Waals surface area contributed by atoms with Gasteiger partial charge in [0, 0.05) is 11.4 Å². The van der Waals surface area contributed by atoms with Crippen LogP contribution in [-0.2, 0) is 4.74 Å². The summed E-state index contributed by atoms with van der Waals surface area (Å²) in [6, 6.07) is 6.77. The van der Waals surface area contributed by atoms with E-state index in [2.05, 4.69) is 13.8 Å². The van der Waals surface area contributed by atoms with Crippen LogP contribution in [-0.4, -0.2) is 17.5 Å². The zero-order valence-electron chi connectivity index (χ0n) is 10.3. The molecule has 1 aliphatic heterocycles. The first kappa shape index (κ1) is 13.2. The quantitative estimate of drug-likeness (QED) is 0.753. The summed E-state index contributed by atoms with van der Waals surface area (Å²) in [7, 11) is 3.68. The molecule has 0 unspecified atom stereocenters. The maximum Gasteiger partial charge on any atom is 0.123 e. The highest BCUT2D eigenvalue weighted by Gasteiger charge is 2.45. The Bertz CT molecular complexity index is 378. The minimum absolute atomic E-state index is 0.0970. The van der Waals surface area contributed by atoms with E-state index in [1.807, 2.05) is 40.6 Å². The van der Waals surface area contributed by atoms with E-state index in [1.165, 1.54) is 12.1 Å². The average Bonchev–Trinajstić information content (AvgIpc) is 2.57. The van der Waals surface area contributed by atoms with E-state index in [-0.39, 0.29) is 21.9 Å². The first-order valence-electron chi connectivity index (χ1n) is 5.76. The van der Waals surface area contributed by atoms with Gasteiger partial charge >= 0.3 is 0 Å². The van der Waals surface area contributed by atoms with E-state index in [4.69, 9.17) is 4.74 Å². The predicted molar refractivity (Wildman–Crippen MR) is 73.8 cm³/mol. The largest absolute Gasteiger partial charge is 0.376 e. The molecule has 2 atom stereocenters. The summed E-state index contributed by atoms with van der Waals surface area (Å²) in [5.41, 5.74) is 1.15. The zero-order chi connectivity index (χ0) is 12.5. The first-order chi connectivity index (χ1) is 8.04. The number of halogens is 1. The Labute approximate surface area is 110 Å². The van der Waals surface area contributed by atoms with Crippen LogP contribution in [0.3, 0.4) is 0 Å². The van der Waals surface area contributed by atoms with Crippen LogP contribution >= 0.6 is 21.6 Å². The van der Waals surface area contributed by atoms with E-state index in [1.54, 1.807) is 0 Å². The van der Waals surface area contributed by atoms with Gasteiger partial charge in [0.05, 0.1) is 11.4 Å². The topological polar surface area (TPSA) is 9.23 Å². The van der Waals surface area contributed by atoms with Gasteiger partial charge in [-0.1, -0.05) is 33.7 Å². The molecule has 0 spiro atoms. The Balaban J connectivity index is 2.23. The molecule has 0 radical (unpaired) electrons. The Hall–Kier alpha value is -0.190. The molecule has 0 aromatic heterocycles. The Kier molecular flexibility index (Phi) is 4.06. The van der Waals surface area contributed by atoms with Crippen LogP contribution in [0.4, 0.5) is 4.39 Å². The van der Waals surface area contributed by atoms with Crippen LogP contribution in [0.1, 0.15) is 31.6 Å². The monoisotopic (exact) mass is 272 g/mol. The van der Waals surface area contributed by atoms with Crippen molar-refractivity contribution in [3.63, 3.8) is 0 Å². The summed E-state index contributed by atoms with van der Waals surface area (Å²) in [5.74, 6) is -0.184. The third-order valence-electron chi connectivity index (χ3n) is 2.87. The number of ether oxygens (including phenoxy) is 1. The highest BCUT2D eigenvalue weighted by Crippen LogP contribution is 2.59. The molecular formula is C13H17FOS2. The maximum absolute atomic E-state index is 12.9. The normalized spacial score (nSPS) is 27.3. The second-order valence-corrected chi connectivity index (χ2v) is 7.63. The molecule has 1 nitrogen and oxygen atoms in total. The van der Waals surface area contributed by atoms with Crippen LogP contribution in [0.15, 0.2) is 24.3 Å². The summed E-state index contributed by atoms with van der Waals surface area (Å²) in [6.07, 6.45) is 0.174. The van der Waals surface area contributed by atoms with Crippen LogP contribution in [0, 0.1) is 5.82 Å². The third-order valence-corrected chi connectivity index (χ3v) is 6.56. The summed E-state index contributed by atoms with van der Waals surface area (Å²) >= 11 is 0. The SMILES string of the molecule is CCO[C@H]1[C@H](c2ccc(F)cc2)SSC1(C)C. The van der Waals surface area contributed by atoms with Gasteiger partial charge < -0.3 is 4.74 Å². The van der Waals surface area contributed by atoms with E-state index >= 15 is 0 Å². The Morgan fingerprint density at radius 2 is 1.94 bits per heavy atom. The van der Waals surface area contributed by atoms with E-state index in [0.717, 1.165) is 5.56 Å². The van der Waals surface area contributed by atoms with E-state index in [9.17, 15) is 4.39 Å². The van der Waals surface area contributed by atoms with Gasteiger partial charge in [0.15, 0.2) is 0 Å². The number of hydrogen-bond acceptors (Lipinski definition) is 3. The van der Waals surface area contributed by atoms with Gasteiger partial charge in [0.2, 0.25) is 0 Å². The van der Waals surface area contributed by atoms with Crippen molar-refractivity contribution >= 4 is 21.6 Å². The van der Waals surface area contributed by atoms with Gasteiger partial charge in [0.25, 0.3) is 0 Å². The fourth-order valence-electron chi connectivity index (χ4n) is 1.99. The summed E-state index contributed by atoms with van der Waals surface area (Å²) < 4.78 is 18.9. The molecule has 1 aromatic rings. The van der Waals surface area contributed by atoms with Gasteiger partial charge in [0.1, 0.15) is 5.82 Å². The van der Waals surface area contributed by atoms with Crippen molar-refractivity contribution in [3.05, 3.63) is 35.6 Å². The molecule has 2 rings (SSSR count). The standard InChI is InChI=1S/C13H17FOS2/c1-4-15-12-11(16-17-13(12,2)3)9-5-7-10(14)8-6-9/h5-8,11-12H,4H2,1-3H3/t11-,12-/m0/s1. The van der Waals surface area contributed by atoms with E-state index < -0.39 is 0 Å². The van der Waals surface area contributed by atoms with Crippen molar-refractivity contribution < 1.29 is 9.13 Å². The number of benzene rings is 1. The highest BCUT2D eigenvalue weighted by molar-refractivity contribution is 8.77.